The Morgan fingerprint density at radius 1 is 0.967 bits per heavy atom. The van der Waals surface area contributed by atoms with Crippen LogP contribution in [0.4, 0.5) is 0 Å². The van der Waals surface area contributed by atoms with Crippen molar-refractivity contribution in [2.75, 3.05) is 28.4 Å². The summed E-state index contributed by atoms with van der Waals surface area (Å²) in [5, 5.41) is 11.9. The molecule has 0 heterocycles. The van der Waals surface area contributed by atoms with Crippen molar-refractivity contribution in [2.24, 2.45) is 22.7 Å². The van der Waals surface area contributed by atoms with E-state index in [1.807, 2.05) is 0 Å². The summed E-state index contributed by atoms with van der Waals surface area (Å²) >= 11 is 0. The lowest BCUT2D eigenvalue weighted by Crippen LogP contribution is -2.51. The number of aliphatic hydroxyl groups is 1. The van der Waals surface area contributed by atoms with Crippen LogP contribution < -0.4 is 18.9 Å². The Labute approximate surface area is 181 Å². The van der Waals surface area contributed by atoms with Crippen LogP contribution in [0.3, 0.4) is 0 Å². The standard InChI is InChI=1S/C25H38O5/c1-15-10-11-18-24(2,3)12-9-13-25(18,4)20(15)21(26)19-22(29-7)16(27-5)14-17(28-6)23(19)30-8/h14,18,20-21,26H,1,9-13H2,2-8H3/t18-,20+,21+,25-/m1/s1. The van der Waals surface area contributed by atoms with E-state index in [2.05, 4.69) is 27.4 Å². The Kier molecular flexibility index (Phi) is 6.33. The summed E-state index contributed by atoms with van der Waals surface area (Å²) in [7, 11) is 6.34. The van der Waals surface area contributed by atoms with E-state index >= 15 is 0 Å². The van der Waals surface area contributed by atoms with Crippen molar-refractivity contribution < 1.29 is 24.1 Å². The summed E-state index contributed by atoms with van der Waals surface area (Å²) < 4.78 is 22.5. The molecule has 3 rings (SSSR count). The first-order valence-electron chi connectivity index (χ1n) is 10.9. The molecule has 5 heteroatoms. The summed E-state index contributed by atoms with van der Waals surface area (Å²) in [5.74, 6) is 2.41. The highest BCUT2D eigenvalue weighted by atomic mass is 16.5. The lowest BCUT2D eigenvalue weighted by Gasteiger charge is -2.58. The van der Waals surface area contributed by atoms with E-state index in [9.17, 15) is 5.11 Å². The quantitative estimate of drug-likeness (QED) is 0.614. The number of rotatable bonds is 6. The third-order valence-electron chi connectivity index (χ3n) is 7.84. The second kappa shape index (κ2) is 8.33. The van der Waals surface area contributed by atoms with Crippen LogP contribution in [0.1, 0.15) is 64.5 Å². The summed E-state index contributed by atoms with van der Waals surface area (Å²) in [6.07, 6.45) is 4.67. The van der Waals surface area contributed by atoms with Gasteiger partial charge in [-0.2, -0.15) is 0 Å². The van der Waals surface area contributed by atoms with Gasteiger partial charge in [-0.1, -0.05) is 39.3 Å². The zero-order valence-corrected chi connectivity index (χ0v) is 19.6. The van der Waals surface area contributed by atoms with Crippen LogP contribution in [0.25, 0.3) is 0 Å². The molecule has 0 aromatic heterocycles. The van der Waals surface area contributed by atoms with Gasteiger partial charge in [0.2, 0.25) is 0 Å². The van der Waals surface area contributed by atoms with Gasteiger partial charge in [-0.3, -0.25) is 0 Å². The highest BCUT2D eigenvalue weighted by molar-refractivity contribution is 5.62. The molecule has 1 aromatic carbocycles. The summed E-state index contributed by atoms with van der Waals surface area (Å²) in [6, 6.07) is 1.73. The van der Waals surface area contributed by atoms with Gasteiger partial charge in [0.25, 0.3) is 0 Å². The van der Waals surface area contributed by atoms with Gasteiger partial charge < -0.3 is 24.1 Å². The van der Waals surface area contributed by atoms with Crippen LogP contribution in [0.2, 0.25) is 0 Å². The molecule has 2 aliphatic carbocycles. The lowest BCUT2D eigenvalue weighted by atomic mass is 9.46. The predicted molar refractivity (Wildman–Crippen MR) is 119 cm³/mol. The fourth-order valence-electron chi connectivity index (χ4n) is 6.57. The van der Waals surface area contributed by atoms with Gasteiger partial charge >= 0.3 is 0 Å². The average Bonchev–Trinajstić information content (AvgIpc) is 2.70. The molecule has 1 N–H and O–H groups in total. The largest absolute Gasteiger partial charge is 0.493 e. The number of fused-ring (bicyclic) bond motifs is 1. The molecule has 0 radical (unpaired) electrons. The molecule has 1 aromatic rings. The van der Waals surface area contributed by atoms with Crippen molar-refractivity contribution >= 4 is 0 Å². The Morgan fingerprint density at radius 3 is 2.03 bits per heavy atom. The van der Waals surface area contributed by atoms with Crippen molar-refractivity contribution in [2.45, 2.75) is 59.0 Å². The minimum absolute atomic E-state index is 0.0527. The van der Waals surface area contributed by atoms with E-state index in [0.717, 1.165) is 31.3 Å². The molecule has 2 aliphatic rings. The van der Waals surface area contributed by atoms with E-state index in [4.69, 9.17) is 18.9 Å². The van der Waals surface area contributed by atoms with E-state index in [1.54, 1.807) is 34.5 Å². The van der Waals surface area contributed by atoms with Crippen LogP contribution in [-0.4, -0.2) is 33.5 Å². The molecule has 0 bridgehead atoms. The van der Waals surface area contributed by atoms with Crippen LogP contribution in [0.5, 0.6) is 23.0 Å². The molecule has 0 amide bonds. The van der Waals surface area contributed by atoms with Gasteiger partial charge in [0.15, 0.2) is 23.0 Å². The predicted octanol–water partition coefficient (Wildman–Crippen LogP) is 5.55. The third kappa shape index (κ3) is 3.45. The number of aliphatic hydroxyl groups excluding tert-OH is 1. The van der Waals surface area contributed by atoms with Crippen molar-refractivity contribution in [3.8, 4) is 23.0 Å². The van der Waals surface area contributed by atoms with Gasteiger partial charge in [-0.15, -0.1) is 0 Å². The van der Waals surface area contributed by atoms with E-state index in [-0.39, 0.29) is 16.7 Å². The van der Waals surface area contributed by atoms with Crippen LogP contribution in [-0.2, 0) is 0 Å². The topological polar surface area (TPSA) is 57.2 Å². The maximum atomic E-state index is 11.9. The molecule has 5 nitrogen and oxygen atoms in total. The molecular weight excluding hydrogens is 380 g/mol. The van der Waals surface area contributed by atoms with Gasteiger partial charge in [-0.25, -0.2) is 0 Å². The molecule has 0 saturated heterocycles. The minimum Gasteiger partial charge on any atom is -0.493 e. The first kappa shape index (κ1) is 22.8. The molecule has 0 spiro atoms. The second-order valence-electron chi connectivity index (χ2n) is 9.78. The Hall–Kier alpha value is -1.88. The monoisotopic (exact) mass is 418 g/mol. The number of methoxy groups -OCH3 is 4. The molecule has 168 valence electrons. The van der Waals surface area contributed by atoms with Gasteiger partial charge in [0, 0.05) is 12.0 Å². The summed E-state index contributed by atoms with van der Waals surface area (Å²) in [6.45, 7) is 11.5. The molecular formula is C25H38O5. The van der Waals surface area contributed by atoms with Crippen molar-refractivity contribution in [1.82, 2.24) is 0 Å². The molecule has 0 aliphatic heterocycles. The number of hydrogen-bond donors (Lipinski definition) is 1. The second-order valence-corrected chi connectivity index (χ2v) is 9.78. The summed E-state index contributed by atoms with van der Waals surface area (Å²) in [5.41, 5.74) is 1.87. The van der Waals surface area contributed by atoms with Crippen molar-refractivity contribution in [1.29, 1.82) is 0 Å². The zero-order chi connectivity index (χ0) is 22.3. The SMILES string of the molecule is C=C1CC[C@@H]2C(C)(C)CCC[C@@]2(C)[C@@H]1[C@@H](O)c1c(OC)c(OC)cc(OC)c1OC. The first-order chi connectivity index (χ1) is 14.2. The Morgan fingerprint density at radius 2 is 1.53 bits per heavy atom. The molecule has 2 saturated carbocycles. The Balaban J connectivity index is 2.19. The van der Waals surface area contributed by atoms with Crippen molar-refractivity contribution in [3.05, 3.63) is 23.8 Å². The van der Waals surface area contributed by atoms with E-state index in [1.165, 1.54) is 6.42 Å². The molecule has 0 unspecified atom stereocenters. The highest BCUT2D eigenvalue weighted by Crippen LogP contribution is 2.64. The summed E-state index contributed by atoms with van der Waals surface area (Å²) in [4.78, 5) is 0. The van der Waals surface area contributed by atoms with Gasteiger partial charge in [0.1, 0.15) is 0 Å². The molecule has 4 atom stereocenters. The first-order valence-corrected chi connectivity index (χ1v) is 10.9. The highest BCUT2D eigenvalue weighted by Gasteiger charge is 2.55. The average molecular weight is 419 g/mol. The van der Waals surface area contributed by atoms with Crippen LogP contribution >= 0.6 is 0 Å². The smallest absolute Gasteiger partial charge is 0.170 e. The maximum absolute atomic E-state index is 11.9. The van der Waals surface area contributed by atoms with E-state index < -0.39 is 6.10 Å². The number of hydrogen-bond acceptors (Lipinski definition) is 5. The number of ether oxygens (including phenoxy) is 4. The molecule has 30 heavy (non-hydrogen) atoms. The van der Waals surface area contributed by atoms with Gasteiger partial charge in [-0.05, 0) is 42.4 Å². The Bertz CT molecular complexity index is 769. The minimum atomic E-state index is -0.840. The molecule has 2 fully saturated rings. The fourth-order valence-corrected chi connectivity index (χ4v) is 6.57. The van der Waals surface area contributed by atoms with E-state index in [0.29, 0.717) is 34.5 Å². The van der Waals surface area contributed by atoms with Crippen LogP contribution in [0, 0.1) is 22.7 Å². The maximum Gasteiger partial charge on any atom is 0.170 e. The third-order valence-corrected chi connectivity index (χ3v) is 7.84. The lowest BCUT2D eigenvalue weighted by molar-refractivity contribution is -0.0899. The van der Waals surface area contributed by atoms with Crippen LogP contribution in [0.15, 0.2) is 18.2 Å². The number of benzene rings is 1. The normalized spacial score (nSPS) is 29.0. The fraction of sp³-hybridized carbons (Fsp3) is 0.680. The van der Waals surface area contributed by atoms with Crippen molar-refractivity contribution in [3.63, 3.8) is 0 Å². The zero-order valence-electron chi connectivity index (χ0n) is 19.6. The van der Waals surface area contributed by atoms with Gasteiger partial charge in [0.05, 0.1) is 40.1 Å².